The van der Waals surface area contributed by atoms with Crippen molar-refractivity contribution in [2.45, 2.75) is 24.9 Å². The molecule has 1 aromatic carbocycles. The molecule has 0 N–H and O–H groups in total. The first kappa shape index (κ1) is 17.9. The second kappa shape index (κ2) is 7.55. The van der Waals surface area contributed by atoms with E-state index in [2.05, 4.69) is 10.3 Å². The van der Waals surface area contributed by atoms with Crippen molar-refractivity contribution in [1.82, 2.24) is 19.9 Å². The summed E-state index contributed by atoms with van der Waals surface area (Å²) in [5.41, 5.74) is 0.394. The van der Waals surface area contributed by atoms with E-state index in [1.165, 1.54) is 16.7 Å². The number of aromatic nitrogens is 3. The van der Waals surface area contributed by atoms with Crippen LogP contribution in [0.2, 0.25) is 0 Å². The first-order chi connectivity index (χ1) is 12.5. The lowest BCUT2D eigenvalue weighted by atomic mass is 9.77. The van der Waals surface area contributed by atoms with Crippen molar-refractivity contribution in [2.75, 3.05) is 20.2 Å². The lowest BCUT2D eigenvalue weighted by Crippen LogP contribution is -2.53. The van der Waals surface area contributed by atoms with Crippen molar-refractivity contribution in [1.29, 1.82) is 0 Å². The van der Waals surface area contributed by atoms with Gasteiger partial charge in [0.2, 0.25) is 0 Å². The van der Waals surface area contributed by atoms with Crippen LogP contribution in [-0.2, 0) is 33.3 Å². The normalized spacial score (nSPS) is 19.8. The third kappa shape index (κ3) is 3.54. The number of amides is 1. The number of carbonyl (C=O) groups is 2. The average Bonchev–Trinajstić information content (AvgIpc) is 3.13. The minimum absolute atomic E-state index is 0.159. The Kier molecular flexibility index (Phi) is 5.20. The molecule has 0 saturated carbocycles. The Morgan fingerprint density at radius 1 is 1.27 bits per heavy atom. The number of piperidine rings is 1. The van der Waals surface area contributed by atoms with Crippen LogP contribution in [-0.4, -0.2) is 52.2 Å². The number of benzene rings is 1. The number of rotatable bonds is 4. The number of esters is 1. The summed E-state index contributed by atoms with van der Waals surface area (Å²) in [6.45, 7) is 0.866. The molecule has 8 heteroatoms. The molecule has 1 aliphatic heterocycles. The maximum absolute atomic E-state index is 12.6. The summed E-state index contributed by atoms with van der Waals surface area (Å²) in [7, 11) is 3.07. The van der Waals surface area contributed by atoms with Crippen molar-refractivity contribution >= 4 is 12.1 Å². The largest absolute Gasteiger partial charge is 0.468 e. The summed E-state index contributed by atoms with van der Waals surface area (Å²) < 4.78 is 12.0. The minimum atomic E-state index is -1.02. The number of methoxy groups -OCH3 is 1. The minimum Gasteiger partial charge on any atom is -0.468 e. The molecule has 0 bridgehead atoms. The smallest absolute Gasteiger partial charge is 0.410 e. The molecule has 0 radical (unpaired) electrons. The Morgan fingerprint density at radius 2 is 2.04 bits per heavy atom. The van der Waals surface area contributed by atoms with Crippen LogP contribution in [0.1, 0.15) is 24.1 Å². The van der Waals surface area contributed by atoms with Gasteiger partial charge in [-0.05, 0) is 18.4 Å². The molecule has 26 heavy (non-hydrogen) atoms. The van der Waals surface area contributed by atoms with Gasteiger partial charge in [0.25, 0.3) is 0 Å². The van der Waals surface area contributed by atoms with E-state index in [1.807, 2.05) is 30.3 Å². The van der Waals surface area contributed by atoms with Crippen LogP contribution in [0.3, 0.4) is 0 Å². The lowest BCUT2D eigenvalue weighted by Gasteiger charge is -2.38. The fourth-order valence-corrected chi connectivity index (χ4v) is 3.26. The predicted molar refractivity (Wildman–Crippen MR) is 92.1 cm³/mol. The van der Waals surface area contributed by atoms with Crippen LogP contribution >= 0.6 is 0 Å². The molecule has 138 valence electrons. The summed E-state index contributed by atoms with van der Waals surface area (Å²) in [5, 5.41) is 8.02. The van der Waals surface area contributed by atoms with E-state index in [1.54, 1.807) is 13.2 Å². The van der Waals surface area contributed by atoms with Gasteiger partial charge in [-0.3, -0.25) is 9.48 Å². The van der Waals surface area contributed by atoms with Gasteiger partial charge in [-0.15, -0.1) is 5.10 Å². The molecule has 2 heterocycles. The fourth-order valence-electron chi connectivity index (χ4n) is 3.26. The van der Waals surface area contributed by atoms with Gasteiger partial charge in [-0.2, -0.15) is 0 Å². The fraction of sp³-hybridized carbons (Fsp3) is 0.444. The van der Waals surface area contributed by atoms with Crippen LogP contribution < -0.4 is 0 Å². The first-order valence-corrected chi connectivity index (χ1v) is 8.46. The first-order valence-electron chi connectivity index (χ1n) is 8.46. The number of ether oxygens (including phenoxy) is 2. The number of likely N-dealkylation sites (tertiary alicyclic amines) is 1. The maximum atomic E-state index is 12.6. The summed E-state index contributed by atoms with van der Waals surface area (Å²) in [4.78, 5) is 26.6. The third-order valence-corrected chi connectivity index (χ3v) is 4.62. The molecule has 1 atom stereocenters. The van der Waals surface area contributed by atoms with Gasteiger partial charge in [-0.1, -0.05) is 35.5 Å². The van der Waals surface area contributed by atoms with E-state index in [9.17, 15) is 9.59 Å². The van der Waals surface area contributed by atoms with Crippen LogP contribution in [0.15, 0.2) is 36.5 Å². The standard InChI is InChI=1S/C18H22N4O4/c1-21-11-15(19-20-21)18(16(23)25-2)9-6-10-22(13-18)17(24)26-12-14-7-4-3-5-8-14/h3-5,7-8,11H,6,9-10,12-13H2,1-2H3. The highest BCUT2D eigenvalue weighted by molar-refractivity contribution is 5.84. The Bertz CT molecular complexity index is 777. The zero-order chi connectivity index (χ0) is 18.6. The third-order valence-electron chi connectivity index (χ3n) is 4.62. The van der Waals surface area contributed by atoms with Gasteiger partial charge in [0, 0.05) is 26.3 Å². The van der Waals surface area contributed by atoms with E-state index >= 15 is 0 Å². The Morgan fingerprint density at radius 3 is 2.69 bits per heavy atom. The van der Waals surface area contributed by atoms with E-state index in [-0.39, 0.29) is 13.2 Å². The zero-order valence-corrected chi connectivity index (χ0v) is 14.9. The molecule has 1 aliphatic rings. The second-order valence-corrected chi connectivity index (χ2v) is 6.42. The highest BCUT2D eigenvalue weighted by Gasteiger charge is 2.48. The lowest BCUT2D eigenvalue weighted by molar-refractivity contribution is -0.150. The SMILES string of the molecule is COC(=O)C1(c2cn(C)nn2)CCCN(C(=O)OCc2ccccc2)C1. The topological polar surface area (TPSA) is 86.6 Å². The maximum Gasteiger partial charge on any atom is 0.410 e. The zero-order valence-electron chi connectivity index (χ0n) is 14.9. The van der Waals surface area contributed by atoms with Crippen molar-refractivity contribution in [2.24, 2.45) is 7.05 Å². The molecule has 1 amide bonds. The van der Waals surface area contributed by atoms with Gasteiger partial charge < -0.3 is 14.4 Å². The van der Waals surface area contributed by atoms with Gasteiger partial charge in [-0.25, -0.2) is 4.79 Å². The van der Waals surface area contributed by atoms with Crippen LogP contribution in [0.5, 0.6) is 0 Å². The average molecular weight is 358 g/mol. The highest BCUT2D eigenvalue weighted by Crippen LogP contribution is 2.34. The molecule has 1 unspecified atom stereocenters. The van der Waals surface area contributed by atoms with Crippen LogP contribution in [0, 0.1) is 0 Å². The summed E-state index contributed by atoms with van der Waals surface area (Å²) in [5.74, 6) is -0.418. The monoisotopic (exact) mass is 358 g/mol. The quantitative estimate of drug-likeness (QED) is 0.773. The van der Waals surface area contributed by atoms with E-state index in [4.69, 9.17) is 9.47 Å². The molecule has 8 nitrogen and oxygen atoms in total. The van der Waals surface area contributed by atoms with Crippen molar-refractivity contribution in [3.63, 3.8) is 0 Å². The van der Waals surface area contributed by atoms with Gasteiger partial charge in [0.05, 0.1) is 7.11 Å². The van der Waals surface area contributed by atoms with Crippen molar-refractivity contribution < 1.29 is 19.1 Å². The Balaban J connectivity index is 1.75. The summed E-state index contributed by atoms with van der Waals surface area (Å²) in [6.07, 6.45) is 2.42. The number of hydrogen-bond acceptors (Lipinski definition) is 6. The molecular formula is C18H22N4O4. The summed E-state index contributed by atoms with van der Waals surface area (Å²) >= 11 is 0. The molecule has 1 fully saturated rings. The second-order valence-electron chi connectivity index (χ2n) is 6.42. The van der Waals surface area contributed by atoms with Crippen molar-refractivity contribution in [3.05, 3.63) is 47.8 Å². The molecule has 3 rings (SSSR count). The van der Waals surface area contributed by atoms with E-state index in [0.29, 0.717) is 25.1 Å². The number of aryl methyl sites for hydroxylation is 1. The molecular weight excluding hydrogens is 336 g/mol. The molecule has 2 aromatic rings. The number of hydrogen-bond donors (Lipinski definition) is 0. The highest BCUT2D eigenvalue weighted by atomic mass is 16.6. The molecule has 1 aromatic heterocycles. The van der Waals surface area contributed by atoms with Gasteiger partial charge >= 0.3 is 12.1 Å². The van der Waals surface area contributed by atoms with Crippen molar-refractivity contribution in [3.8, 4) is 0 Å². The Labute approximate surface area is 151 Å². The molecule has 0 aliphatic carbocycles. The summed E-state index contributed by atoms with van der Waals surface area (Å²) in [6, 6.07) is 9.46. The molecule has 0 spiro atoms. The number of nitrogens with zero attached hydrogens (tertiary/aromatic N) is 4. The Hall–Kier alpha value is -2.90. The van der Waals surface area contributed by atoms with Gasteiger partial charge in [0.1, 0.15) is 17.7 Å². The van der Waals surface area contributed by atoms with Crippen LogP contribution in [0.25, 0.3) is 0 Å². The van der Waals surface area contributed by atoms with Gasteiger partial charge in [0.15, 0.2) is 0 Å². The predicted octanol–water partition coefficient (Wildman–Crippen LogP) is 1.66. The van der Waals surface area contributed by atoms with E-state index < -0.39 is 17.5 Å². The molecule has 1 saturated heterocycles. The van der Waals surface area contributed by atoms with E-state index in [0.717, 1.165) is 5.56 Å². The van der Waals surface area contributed by atoms with Crippen LogP contribution in [0.4, 0.5) is 4.79 Å². The number of carbonyl (C=O) groups excluding carboxylic acids is 2.